The highest BCUT2D eigenvalue weighted by Gasteiger charge is 2.30. The lowest BCUT2D eigenvalue weighted by molar-refractivity contribution is -0.145. The Bertz CT molecular complexity index is 261. The molecule has 1 N–H and O–H groups in total. The average molecular weight is 229 g/mol. The number of ether oxygens (including phenoxy) is 1. The molecule has 1 rings (SSSR count). The van der Waals surface area contributed by atoms with E-state index < -0.39 is 5.97 Å². The summed E-state index contributed by atoms with van der Waals surface area (Å²) in [6.07, 6.45) is 1.26. The number of amides is 1. The number of carboxylic acid groups (broad SMARTS) is 1. The van der Waals surface area contributed by atoms with Crippen molar-refractivity contribution in [1.29, 1.82) is 0 Å². The van der Waals surface area contributed by atoms with E-state index in [4.69, 9.17) is 9.84 Å². The molecule has 16 heavy (non-hydrogen) atoms. The summed E-state index contributed by atoms with van der Waals surface area (Å²) in [5, 5.41) is 8.71. The number of carbonyl (C=O) groups excluding carboxylic acids is 1. The van der Waals surface area contributed by atoms with Gasteiger partial charge in [0.1, 0.15) is 6.10 Å². The van der Waals surface area contributed by atoms with Crippen LogP contribution in [0, 0.1) is 0 Å². The van der Waals surface area contributed by atoms with Gasteiger partial charge in [-0.2, -0.15) is 0 Å². The first-order valence-electron chi connectivity index (χ1n) is 5.70. The Hall–Kier alpha value is -1.10. The van der Waals surface area contributed by atoms with Crippen LogP contribution in [0.1, 0.15) is 33.1 Å². The second-order valence-corrected chi connectivity index (χ2v) is 4.07. The lowest BCUT2D eigenvalue weighted by atomic mass is 10.1. The van der Waals surface area contributed by atoms with Gasteiger partial charge in [-0.25, -0.2) is 0 Å². The lowest BCUT2D eigenvalue weighted by Gasteiger charge is -2.29. The number of hydrogen-bond acceptors (Lipinski definition) is 3. The number of carbonyl (C=O) groups is 2. The SMILES string of the molecule is CCN(C(=O)C1CCCO1)C(C)CC(=O)O. The van der Waals surface area contributed by atoms with Gasteiger partial charge in [0.25, 0.3) is 5.91 Å². The number of nitrogens with zero attached hydrogens (tertiary/aromatic N) is 1. The zero-order valence-electron chi connectivity index (χ0n) is 9.81. The summed E-state index contributed by atoms with van der Waals surface area (Å²) >= 11 is 0. The summed E-state index contributed by atoms with van der Waals surface area (Å²) in [7, 11) is 0. The molecule has 1 aliphatic heterocycles. The number of aliphatic carboxylic acids is 1. The fraction of sp³-hybridized carbons (Fsp3) is 0.818. The highest BCUT2D eigenvalue weighted by Crippen LogP contribution is 2.17. The van der Waals surface area contributed by atoms with E-state index in [0.717, 1.165) is 12.8 Å². The molecule has 5 heteroatoms. The Morgan fingerprint density at radius 3 is 2.69 bits per heavy atom. The van der Waals surface area contributed by atoms with Crippen molar-refractivity contribution in [3.05, 3.63) is 0 Å². The first-order chi connectivity index (χ1) is 7.56. The largest absolute Gasteiger partial charge is 0.481 e. The van der Waals surface area contributed by atoms with Crippen LogP contribution in [-0.2, 0) is 14.3 Å². The standard InChI is InChI=1S/C11H19NO4/c1-3-12(8(2)7-10(13)14)11(15)9-5-4-6-16-9/h8-9H,3-7H2,1-2H3,(H,13,14). The van der Waals surface area contributed by atoms with Crippen LogP contribution in [0.3, 0.4) is 0 Å². The molecule has 0 spiro atoms. The summed E-state index contributed by atoms with van der Waals surface area (Å²) in [5.41, 5.74) is 0. The van der Waals surface area contributed by atoms with Crippen molar-refractivity contribution < 1.29 is 19.4 Å². The van der Waals surface area contributed by atoms with Crippen LogP contribution in [0.25, 0.3) is 0 Å². The van der Waals surface area contributed by atoms with Gasteiger partial charge in [-0.3, -0.25) is 9.59 Å². The van der Waals surface area contributed by atoms with E-state index in [-0.39, 0.29) is 24.5 Å². The van der Waals surface area contributed by atoms with Crippen LogP contribution in [-0.4, -0.2) is 47.2 Å². The molecular weight excluding hydrogens is 210 g/mol. The van der Waals surface area contributed by atoms with E-state index in [1.165, 1.54) is 0 Å². The van der Waals surface area contributed by atoms with Crippen LogP contribution in [0.5, 0.6) is 0 Å². The molecule has 92 valence electrons. The topological polar surface area (TPSA) is 66.8 Å². The second-order valence-electron chi connectivity index (χ2n) is 4.07. The predicted octanol–water partition coefficient (Wildman–Crippen LogP) is 0.877. The number of hydrogen-bond donors (Lipinski definition) is 1. The number of rotatable bonds is 5. The monoisotopic (exact) mass is 229 g/mol. The lowest BCUT2D eigenvalue weighted by Crippen LogP contribution is -2.44. The van der Waals surface area contributed by atoms with Gasteiger partial charge in [0.05, 0.1) is 6.42 Å². The molecule has 2 atom stereocenters. The molecule has 1 fully saturated rings. The Labute approximate surface area is 95.4 Å². The molecule has 5 nitrogen and oxygen atoms in total. The van der Waals surface area contributed by atoms with Gasteiger partial charge >= 0.3 is 5.97 Å². The Morgan fingerprint density at radius 1 is 1.56 bits per heavy atom. The summed E-state index contributed by atoms with van der Waals surface area (Å²) in [6.45, 7) is 4.75. The number of carboxylic acids is 1. The first kappa shape index (κ1) is 13.0. The molecule has 0 bridgehead atoms. The van der Waals surface area contributed by atoms with Gasteiger partial charge < -0.3 is 14.7 Å². The quantitative estimate of drug-likeness (QED) is 0.759. The molecule has 0 aromatic carbocycles. The molecule has 0 aromatic rings. The number of likely N-dealkylation sites (N-methyl/N-ethyl adjacent to an activating group) is 1. The molecule has 2 unspecified atom stereocenters. The molecular formula is C11H19NO4. The van der Waals surface area contributed by atoms with Crippen molar-refractivity contribution in [2.24, 2.45) is 0 Å². The third-order valence-electron chi connectivity index (χ3n) is 2.83. The maximum atomic E-state index is 12.0. The molecule has 0 saturated carbocycles. The van der Waals surface area contributed by atoms with Crippen molar-refractivity contribution in [2.75, 3.05) is 13.2 Å². The van der Waals surface area contributed by atoms with Gasteiger partial charge in [-0.05, 0) is 26.7 Å². The maximum absolute atomic E-state index is 12.0. The van der Waals surface area contributed by atoms with Crippen molar-refractivity contribution in [3.8, 4) is 0 Å². The van der Waals surface area contributed by atoms with Gasteiger partial charge in [0.15, 0.2) is 0 Å². The Morgan fingerprint density at radius 2 is 2.25 bits per heavy atom. The summed E-state index contributed by atoms with van der Waals surface area (Å²) in [4.78, 5) is 24.2. The van der Waals surface area contributed by atoms with Crippen LogP contribution < -0.4 is 0 Å². The highest BCUT2D eigenvalue weighted by molar-refractivity contribution is 5.82. The normalized spacial score (nSPS) is 21.8. The maximum Gasteiger partial charge on any atom is 0.305 e. The van der Waals surface area contributed by atoms with Gasteiger partial charge in [-0.1, -0.05) is 0 Å². The van der Waals surface area contributed by atoms with Crippen molar-refractivity contribution in [2.45, 2.75) is 45.3 Å². The van der Waals surface area contributed by atoms with Crippen LogP contribution in [0.15, 0.2) is 0 Å². The zero-order chi connectivity index (χ0) is 12.1. The zero-order valence-corrected chi connectivity index (χ0v) is 9.81. The van der Waals surface area contributed by atoms with Crippen molar-refractivity contribution >= 4 is 11.9 Å². The summed E-state index contributed by atoms with van der Waals surface area (Å²) in [6, 6.07) is -0.279. The van der Waals surface area contributed by atoms with E-state index in [1.807, 2.05) is 6.92 Å². The second kappa shape index (κ2) is 5.84. The minimum absolute atomic E-state index is 0.0215. The van der Waals surface area contributed by atoms with Crippen LogP contribution in [0.4, 0.5) is 0 Å². The van der Waals surface area contributed by atoms with E-state index in [2.05, 4.69) is 0 Å². The minimum atomic E-state index is -0.883. The van der Waals surface area contributed by atoms with Crippen LogP contribution >= 0.6 is 0 Å². The summed E-state index contributed by atoms with van der Waals surface area (Å²) in [5.74, 6) is -0.958. The van der Waals surface area contributed by atoms with Crippen molar-refractivity contribution in [1.82, 2.24) is 4.90 Å². The third kappa shape index (κ3) is 3.20. The molecule has 0 aliphatic carbocycles. The first-order valence-corrected chi connectivity index (χ1v) is 5.70. The molecule has 1 heterocycles. The fourth-order valence-electron chi connectivity index (χ4n) is 2.00. The average Bonchev–Trinajstić information content (AvgIpc) is 2.69. The van der Waals surface area contributed by atoms with E-state index in [9.17, 15) is 9.59 Å². The smallest absolute Gasteiger partial charge is 0.305 e. The minimum Gasteiger partial charge on any atom is -0.481 e. The van der Waals surface area contributed by atoms with Gasteiger partial charge in [0.2, 0.25) is 0 Å². The molecule has 0 radical (unpaired) electrons. The van der Waals surface area contributed by atoms with Crippen LogP contribution in [0.2, 0.25) is 0 Å². The molecule has 1 saturated heterocycles. The molecule has 1 amide bonds. The Kier molecular flexibility index (Phi) is 4.73. The van der Waals surface area contributed by atoms with Crippen molar-refractivity contribution in [3.63, 3.8) is 0 Å². The molecule has 0 aromatic heterocycles. The van der Waals surface area contributed by atoms with Gasteiger partial charge in [-0.15, -0.1) is 0 Å². The van der Waals surface area contributed by atoms with E-state index in [0.29, 0.717) is 13.2 Å². The van der Waals surface area contributed by atoms with E-state index >= 15 is 0 Å². The predicted molar refractivity (Wildman–Crippen MR) is 58.1 cm³/mol. The fourth-order valence-corrected chi connectivity index (χ4v) is 2.00. The Balaban J connectivity index is 2.57. The van der Waals surface area contributed by atoms with E-state index in [1.54, 1.807) is 11.8 Å². The highest BCUT2D eigenvalue weighted by atomic mass is 16.5. The van der Waals surface area contributed by atoms with Gasteiger partial charge in [0, 0.05) is 19.2 Å². The summed E-state index contributed by atoms with van der Waals surface area (Å²) < 4.78 is 5.31. The molecule has 1 aliphatic rings. The third-order valence-corrected chi connectivity index (χ3v) is 2.83.